The van der Waals surface area contributed by atoms with Crippen molar-refractivity contribution in [2.45, 2.75) is 27.7 Å². The van der Waals surface area contributed by atoms with Crippen LogP contribution in [-0.2, 0) is 0 Å². The topological polar surface area (TPSA) is 69.3 Å². The van der Waals surface area contributed by atoms with Crippen LogP contribution >= 0.6 is 0 Å². The Balaban J connectivity index is 1.27. The van der Waals surface area contributed by atoms with E-state index in [1.54, 1.807) is 0 Å². The molecule has 7 nitrogen and oxygen atoms in total. The molecule has 0 aliphatic rings. The molecular formula is C75H51N7. The maximum atomic E-state index is 13.1. The molecule has 0 saturated carbocycles. The van der Waals surface area contributed by atoms with Crippen LogP contribution in [0.1, 0.15) is 27.8 Å². The molecule has 0 saturated heterocycles. The first kappa shape index (κ1) is 47.2. The summed E-state index contributed by atoms with van der Waals surface area (Å²) in [4.78, 5) is 11.2. The fourth-order valence-electron chi connectivity index (χ4n) is 13.3. The quantitative estimate of drug-likeness (QED) is 0.160. The van der Waals surface area contributed by atoms with E-state index in [1.807, 2.05) is 24.3 Å². The molecule has 0 atom stereocenters. The molecule has 0 amide bonds. The molecule has 0 bridgehead atoms. The molecule has 5 aromatic heterocycles. The van der Waals surface area contributed by atoms with Crippen molar-refractivity contribution in [3.05, 3.63) is 264 Å². The molecule has 0 N–H and O–H groups in total. The van der Waals surface area contributed by atoms with Crippen molar-refractivity contribution in [3.63, 3.8) is 0 Å². The van der Waals surface area contributed by atoms with Crippen LogP contribution in [0.2, 0.25) is 0 Å². The maximum Gasteiger partial charge on any atom is 0.160 e. The number of aromatic nitrogens is 6. The Kier molecular flexibility index (Phi) is 10.4. The summed E-state index contributed by atoms with van der Waals surface area (Å²) >= 11 is 0. The van der Waals surface area contributed by atoms with Crippen LogP contribution in [0.5, 0.6) is 0 Å². The number of hydrogen-bond acceptors (Lipinski definition) is 3. The Morgan fingerprint density at radius 2 is 0.610 bits per heavy atom. The lowest BCUT2D eigenvalue weighted by Gasteiger charge is -2.29. The van der Waals surface area contributed by atoms with Crippen molar-refractivity contribution in [2.24, 2.45) is 0 Å². The Hall–Kier alpha value is -10.8. The van der Waals surface area contributed by atoms with Crippen molar-refractivity contribution in [1.82, 2.24) is 28.2 Å². The van der Waals surface area contributed by atoms with Gasteiger partial charge in [0, 0.05) is 59.8 Å². The fourth-order valence-corrected chi connectivity index (χ4v) is 13.3. The number of benzene rings is 11. The van der Waals surface area contributed by atoms with E-state index in [0.29, 0.717) is 22.6 Å². The van der Waals surface area contributed by atoms with Crippen LogP contribution in [0.25, 0.3) is 144 Å². The molecule has 0 aliphatic heterocycles. The highest BCUT2D eigenvalue weighted by molar-refractivity contribution is 6.17. The van der Waals surface area contributed by atoms with E-state index in [9.17, 15) is 5.26 Å². The molecule has 0 aliphatic carbocycles. The Morgan fingerprint density at radius 3 is 1.01 bits per heavy atom. The zero-order chi connectivity index (χ0) is 54.9. The van der Waals surface area contributed by atoms with Crippen molar-refractivity contribution in [1.29, 1.82) is 5.26 Å². The third-order valence-electron chi connectivity index (χ3n) is 16.8. The van der Waals surface area contributed by atoms with E-state index in [1.165, 1.54) is 0 Å². The molecule has 0 fully saturated rings. The van der Waals surface area contributed by atoms with Gasteiger partial charge in [0.15, 0.2) is 5.82 Å². The van der Waals surface area contributed by atoms with Gasteiger partial charge in [0.25, 0.3) is 0 Å². The molecule has 0 radical (unpaired) electrons. The third kappa shape index (κ3) is 6.95. The van der Waals surface area contributed by atoms with E-state index in [2.05, 4.69) is 264 Å². The lowest BCUT2D eigenvalue weighted by molar-refractivity contribution is 1.02. The Morgan fingerprint density at radius 1 is 0.293 bits per heavy atom. The summed E-state index contributed by atoms with van der Waals surface area (Å²) < 4.78 is 9.79. The van der Waals surface area contributed by atoms with Gasteiger partial charge in [0.2, 0.25) is 0 Å². The zero-order valence-corrected chi connectivity index (χ0v) is 45.6. The normalized spacial score (nSPS) is 11.9. The summed E-state index contributed by atoms with van der Waals surface area (Å²) in [5.41, 5.74) is 20.2. The zero-order valence-electron chi connectivity index (χ0n) is 45.6. The minimum absolute atomic E-state index is 0.460. The van der Waals surface area contributed by atoms with Crippen LogP contribution in [0.4, 0.5) is 0 Å². The van der Waals surface area contributed by atoms with Gasteiger partial charge in [-0.15, -0.1) is 0 Å². The third-order valence-corrected chi connectivity index (χ3v) is 16.8. The van der Waals surface area contributed by atoms with Gasteiger partial charge in [0.05, 0.1) is 83.8 Å². The second-order valence-electron chi connectivity index (χ2n) is 21.9. The minimum Gasteiger partial charge on any atom is -0.306 e. The Labute approximate surface area is 473 Å². The molecule has 16 rings (SSSR count). The van der Waals surface area contributed by atoms with Gasteiger partial charge < -0.3 is 18.3 Å². The van der Waals surface area contributed by atoms with Gasteiger partial charge in [-0.2, -0.15) is 5.26 Å². The number of nitrogens with zero attached hydrogens (tertiary/aromatic N) is 7. The summed E-state index contributed by atoms with van der Waals surface area (Å²) in [6.07, 6.45) is 0. The largest absolute Gasteiger partial charge is 0.306 e. The van der Waals surface area contributed by atoms with Gasteiger partial charge >= 0.3 is 0 Å². The number of rotatable bonds is 7. The van der Waals surface area contributed by atoms with Crippen LogP contribution in [0.3, 0.4) is 0 Å². The fraction of sp³-hybridized carbons (Fsp3) is 0.0533. The maximum absolute atomic E-state index is 13.1. The molecule has 5 heterocycles. The summed E-state index contributed by atoms with van der Waals surface area (Å²) in [6, 6.07) is 87.9. The number of para-hydroxylation sites is 4. The van der Waals surface area contributed by atoms with E-state index in [-0.39, 0.29) is 0 Å². The van der Waals surface area contributed by atoms with Gasteiger partial charge in [-0.3, -0.25) is 0 Å². The van der Waals surface area contributed by atoms with Crippen molar-refractivity contribution in [3.8, 4) is 62.7 Å². The molecular weight excluding hydrogens is 999 g/mol. The molecule has 7 heteroatoms. The lowest BCUT2D eigenvalue weighted by atomic mass is 9.94. The average molecular weight is 1050 g/mol. The van der Waals surface area contributed by atoms with Crippen LogP contribution in [-0.4, -0.2) is 28.2 Å². The molecule has 82 heavy (non-hydrogen) atoms. The molecule has 0 spiro atoms. The average Bonchev–Trinajstić information content (AvgIpc) is 3.27. The second kappa shape index (κ2) is 18.1. The van der Waals surface area contributed by atoms with E-state index in [0.717, 1.165) is 149 Å². The first-order chi connectivity index (χ1) is 40.3. The summed E-state index contributed by atoms with van der Waals surface area (Å²) in [7, 11) is 0. The first-order valence-electron chi connectivity index (χ1n) is 28.0. The molecule has 16 aromatic rings. The standard InChI is InChI=1S/C75H51N7/c1-45-31-35-66-55(39-45)51-23-11-15-27-62(51)79(66)71-59(44-76)70(61-43-60(49-19-7-5-8-20-49)77-75(78-61)50-21-9-6-10-22-50)72(80-63-28-16-12-24-52(63)56-40-46(2)32-36-67(56)80)74(82-65-30-18-14-26-54(65)58-42-48(4)34-38-69(58)82)73(71)81-64-29-17-13-25-53(64)57-41-47(3)33-37-68(57)81/h5-43H,1-4H3. The number of fused-ring (bicyclic) bond motifs is 12. The smallest absolute Gasteiger partial charge is 0.160 e. The molecule has 11 aromatic carbocycles. The van der Waals surface area contributed by atoms with Crippen molar-refractivity contribution in [2.75, 3.05) is 0 Å². The summed E-state index contributed by atoms with van der Waals surface area (Å²) in [6.45, 7) is 8.66. The summed E-state index contributed by atoms with van der Waals surface area (Å²) in [5, 5.41) is 21.9. The van der Waals surface area contributed by atoms with Gasteiger partial charge in [0.1, 0.15) is 6.07 Å². The summed E-state index contributed by atoms with van der Waals surface area (Å²) in [5.74, 6) is 0.550. The van der Waals surface area contributed by atoms with Crippen molar-refractivity contribution >= 4 is 87.2 Å². The molecule has 0 unspecified atom stereocenters. The number of aryl methyl sites for hydroxylation is 4. The lowest BCUT2D eigenvalue weighted by Crippen LogP contribution is -2.17. The van der Waals surface area contributed by atoms with Gasteiger partial charge in [-0.25, -0.2) is 9.97 Å². The Bertz CT molecular complexity index is 5330. The van der Waals surface area contributed by atoms with E-state index in [4.69, 9.17) is 9.97 Å². The highest BCUT2D eigenvalue weighted by Gasteiger charge is 2.36. The van der Waals surface area contributed by atoms with Gasteiger partial charge in [-0.1, -0.05) is 180 Å². The van der Waals surface area contributed by atoms with Crippen molar-refractivity contribution < 1.29 is 0 Å². The predicted molar refractivity (Wildman–Crippen MR) is 339 cm³/mol. The monoisotopic (exact) mass is 1050 g/mol. The number of hydrogen-bond donors (Lipinski definition) is 0. The second-order valence-corrected chi connectivity index (χ2v) is 21.9. The van der Waals surface area contributed by atoms with Crippen LogP contribution < -0.4 is 0 Å². The number of nitriles is 1. The highest BCUT2D eigenvalue weighted by Crippen LogP contribution is 2.52. The SMILES string of the molecule is Cc1ccc2c(c1)c1ccccc1n2-c1c(C#N)c(-c2cc(-c3ccccc3)nc(-c3ccccc3)n2)c(-n2c3ccccc3c3cc(C)ccc32)c(-n2c3ccccc3c3cc(C)ccc32)c1-n1c2ccccc2c2cc(C)ccc21. The highest BCUT2D eigenvalue weighted by atomic mass is 15.1. The van der Waals surface area contributed by atoms with E-state index < -0.39 is 0 Å². The first-order valence-corrected chi connectivity index (χ1v) is 28.0. The molecule has 386 valence electrons. The minimum atomic E-state index is 0.460. The van der Waals surface area contributed by atoms with Crippen LogP contribution in [0.15, 0.2) is 237 Å². The van der Waals surface area contributed by atoms with E-state index >= 15 is 0 Å². The predicted octanol–water partition coefficient (Wildman–Crippen LogP) is 19.0. The van der Waals surface area contributed by atoms with Crippen LogP contribution in [0, 0.1) is 39.0 Å². The van der Waals surface area contributed by atoms with Gasteiger partial charge in [-0.05, 0) is 107 Å².